The largest absolute Gasteiger partial charge is 0.354 e. The van der Waals surface area contributed by atoms with Crippen molar-refractivity contribution >= 4 is 11.8 Å². The topological polar surface area (TPSA) is 70.3 Å². The van der Waals surface area contributed by atoms with Crippen molar-refractivity contribution < 1.29 is 0 Å². The summed E-state index contributed by atoms with van der Waals surface area (Å²) < 4.78 is 0. The van der Waals surface area contributed by atoms with Crippen LogP contribution in [-0.4, -0.2) is 47.1 Å². The monoisotopic (exact) mass is 262 g/mol. The average molecular weight is 262 g/mol. The Balaban J connectivity index is 1.77. The minimum atomic E-state index is 0.501. The lowest BCUT2D eigenvalue weighted by Crippen LogP contribution is -2.55. The van der Waals surface area contributed by atoms with E-state index in [1.165, 1.54) is 25.8 Å². The molecule has 1 aromatic heterocycles. The molecule has 0 saturated carbocycles. The molecule has 0 bridgehead atoms. The lowest BCUT2D eigenvalue weighted by atomic mass is 9.99. The first kappa shape index (κ1) is 12.6. The molecule has 2 fully saturated rings. The molecule has 6 nitrogen and oxygen atoms in total. The maximum Gasteiger partial charge on any atom is 0.239 e. The zero-order valence-corrected chi connectivity index (χ0v) is 11.5. The molecule has 3 N–H and O–H groups in total. The molecule has 2 aliphatic rings. The quantitative estimate of drug-likeness (QED) is 0.605. The third-order valence-electron chi connectivity index (χ3n) is 4.13. The van der Waals surface area contributed by atoms with Gasteiger partial charge in [-0.05, 0) is 26.3 Å². The number of hydrogen-bond donors (Lipinski definition) is 2. The molecule has 2 saturated heterocycles. The van der Waals surface area contributed by atoms with Gasteiger partial charge >= 0.3 is 0 Å². The summed E-state index contributed by atoms with van der Waals surface area (Å²) in [7, 11) is 0. The summed E-state index contributed by atoms with van der Waals surface area (Å²) in [6.45, 7) is 6.48. The minimum Gasteiger partial charge on any atom is -0.354 e. The molecular weight excluding hydrogens is 240 g/mol. The van der Waals surface area contributed by atoms with Crippen molar-refractivity contribution in [3.63, 3.8) is 0 Å². The molecule has 1 unspecified atom stereocenters. The van der Waals surface area contributed by atoms with Gasteiger partial charge in [-0.1, -0.05) is 6.42 Å². The predicted molar refractivity (Wildman–Crippen MR) is 76.0 cm³/mol. The number of nitrogen functional groups attached to an aromatic ring is 1. The first-order valence-corrected chi connectivity index (χ1v) is 7.07. The number of hydrazine groups is 1. The van der Waals surface area contributed by atoms with Crippen molar-refractivity contribution in [3.8, 4) is 0 Å². The summed E-state index contributed by atoms with van der Waals surface area (Å²) in [6.07, 6.45) is 4.01. The van der Waals surface area contributed by atoms with Crippen molar-refractivity contribution in [2.75, 3.05) is 36.5 Å². The summed E-state index contributed by atoms with van der Waals surface area (Å²) in [5.74, 6) is 6.91. The molecular formula is C13H22N6. The Morgan fingerprint density at radius 1 is 1.26 bits per heavy atom. The Morgan fingerprint density at radius 2 is 2.16 bits per heavy atom. The lowest BCUT2D eigenvalue weighted by Gasteiger charge is -2.44. The van der Waals surface area contributed by atoms with E-state index >= 15 is 0 Å². The van der Waals surface area contributed by atoms with Crippen LogP contribution in [0.3, 0.4) is 0 Å². The fourth-order valence-electron chi connectivity index (χ4n) is 3.14. The molecule has 0 spiro atoms. The number of nitrogens with two attached hydrogens (primary N) is 1. The number of aromatic nitrogens is 2. The van der Waals surface area contributed by atoms with E-state index in [1.807, 2.05) is 13.0 Å². The third-order valence-corrected chi connectivity index (χ3v) is 4.13. The van der Waals surface area contributed by atoms with Crippen LogP contribution >= 0.6 is 0 Å². The summed E-state index contributed by atoms with van der Waals surface area (Å²) in [5, 5.41) is 0. The standard InChI is InChI=1S/C13H22N6/c1-10-8-12(16-13(15-10)17-14)19-7-6-18-5-3-2-4-11(18)9-19/h8,11H,2-7,9,14H2,1H3,(H,15,16,17). The second kappa shape index (κ2) is 5.30. The molecule has 6 heteroatoms. The number of hydrogen-bond acceptors (Lipinski definition) is 6. The highest BCUT2D eigenvalue weighted by Gasteiger charge is 2.29. The van der Waals surface area contributed by atoms with Gasteiger partial charge < -0.3 is 4.90 Å². The van der Waals surface area contributed by atoms with Crippen LogP contribution in [0.2, 0.25) is 0 Å². The summed E-state index contributed by atoms with van der Waals surface area (Å²) in [5.41, 5.74) is 3.49. The zero-order chi connectivity index (χ0) is 13.2. The van der Waals surface area contributed by atoms with Crippen molar-refractivity contribution in [2.24, 2.45) is 5.84 Å². The van der Waals surface area contributed by atoms with Crippen LogP contribution in [0.5, 0.6) is 0 Å². The van der Waals surface area contributed by atoms with Crippen molar-refractivity contribution in [3.05, 3.63) is 11.8 Å². The normalized spacial score (nSPS) is 24.1. The van der Waals surface area contributed by atoms with Gasteiger partial charge in [-0.3, -0.25) is 10.3 Å². The molecule has 0 aliphatic carbocycles. The number of fused-ring (bicyclic) bond motifs is 1. The highest BCUT2D eigenvalue weighted by atomic mass is 15.3. The molecule has 3 heterocycles. The Labute approximate surface area is 114 Å². The summed E-state index contributed by atoms with van der Waals surface area (Å²) >= 11 is 0. The average Bonchev–Trinajstić information content (AvgIpc) is 2.46. The van der Waals surface area contributed by atoms with Crippen molar-refractivity contribution in [1.29, 1.82) is 0 Å². The van der Waals surface area contributed by atoms with E-state index in [2.05, 4.69) is 25.2 Å². The van der Waals surface area contributed by atoms with Crippen molar-refractivity contribution in [1.82, 2.24) is 14.9 Å². The van der Waals surface area contributed by atoms with Gasteiger partial charge in [0.15, 0.2) is 0 Å². The predicted octanol–water partition coefficient (Wildman–Crippen LogP) is 0.745. The smallest absolute Gasteiger partial charge is 0.239 e. The molecule has 2 aliphatic heterocycles. The highest BCUT2D eigenvalue weighted by Crippen LogP contribution is 2.24. The fourth-order valence-corrected chi connectivity index (χ4v) is 3.14. The Bertz CT molecular complexity index is 449. The SMILES string of the molecule is Cc1cc(N2CCN3CCCCC3C2)nc(NN)n1. The van der Waals surface area contributed by atoms with E-state index in [0.29, 0.717) is 12.0 Å². The molecule has 0 aromatic carbocycles. The van der Waals surface area contributed by atoms with Gasteiger partial charge in [-0.2, -0.15) is 4.98 Å². The number of nitrogens with zero attached hydrogens (tertiary/aromatic N) is 4. The van der Waals surface area contributed by atoms with Gasteiger partial charge in [-0.25, -0.2) is 10.8 Å². The van der Waals surface area contributed by atoms with Gasteiger partial charge in [0.05, 0.1) is 0 Å². The Hall–Kier alpha value is -1.40. The second-order valence-corrected chi connectivity index (χ2v) is 5.47. The van der Waals surface area contributed by atoms with Gasteiger partial charge in [0.1, 0.15) is 5.82 Å². The van der Waals surface area contributed by atoms with Gasteiger partial charge in [0.2, 0.25) is 5.95 Å². The number of anilines is 2. The van der Waals surface area contributed by atoms with Crippen LogP contribution in [-0.2, 0) is 0 Å². The van der Waals surface area contributed by atoms with Gasteiger partial charge in [-0.15, -0.1) is 0 Å². The van der Waals surface area contributed by atoms with E-state index in [4.69, 9.17) is 5.84 Å². The third kappa shape index (κ3) is 2.64. The minimum absolute atomic E-state index is 0.501. The second-order valence-electron chi connectivity index (χ2n) is 5.47. The number of nitrogens with one attached hydrogen (secondary N) is 1. The maximum atomic E-state index is 5.42. The lowest BCUT2D eigenvalue weighted by molar-refractivity contribution is 0.133. The summed E-state index contributed by atoms with van der Waals surface area (Å²) in [4.78, 5) is 13.7. The van der Waals surface area contributed by atoms with Crippen LogP contribution < -0.4 is 16.2 Å². The Kier molecular flexibility index (Phi) is 3.52. The Morgan fingerprint density at radius 3 is 3.00 bits per heavy atom. The molecule has 0 radical (unpaired) electrons. The van der Waals surface area contributed by atoms with E-state index < -0.39 is 0 Å². The fraction of sp³-hybridized carbons (Fsp3) is 0.692. The zero-order valence-electron chi connectivity index (χ0n) is 11.5. The van der Waals surface area contributed by atoms with Crippen LogP contribution in [0, 0.1) is 6.92 Å². The van der Waals surface area contributed by atoms with E-state index in [0.717, 1.165) is 31.1 Å². The van der Waals surface area contributed by atoms with Crippen LogP contribution in [0.1, 0.15) is 25.0 Å². The first-order valence-electron chi connectivity index (χ1n) is 7.07. The molecule has 1 aromatic rings. The number of piperazine rings is 1. The molecule has 0 amide bonds. The van der Waals surface area contributed by atoms with Crippen molar-refractivity contribution in [2.45, 2.75) is 32.2 Å². The van der Waals surface area contributed by atoms with E-state index in [-0.39, 0.29) is 0 Å². The molecule has 19 heavy (non-hydrogen) atoms. The molecule has 104 valence electrons. The van der Waals surface area contributed by atoms with Crippen LogP contribution in [0.4, 0.5) is 11.8 Å². The van der Waals surface area contributed by atoms with Crippen LogP contribution in [0.15, 0.2) is 6.07 Å². The highest BCUT2D eigenvalue weighted by molar-refractivity contribution is 5.45. The molecule has 3 rings (SSSR count). The summed E-state index contributed by atoms with van der Waals surface area (Å²) in [6, 6.07) is 2.73. The van der Waals surface area contributed by atoms with Gasteiger partial charge in [0.25, 0.3) is 0 Å². The number of aryl methyl sites for hydroxylation is 1. The number of rotatable bonds is 2. The van der Waals surface area contributed by atoms with Gasteiger partial charge in [0, 0.05) is 37.4 Å². The first-order chi connectivity index (χ1) is 9.26. The van der Waals surface area contributed by atoms with Crippen LogP contribution in [0.25, 0.3) is 0 Å². The molecule has 1 atom stereocenters. The van der Waals surface area contributed by atoms with E-state index in [9.17, 15) is 0 Å². The number of piperidine rings is 1. The maximum absolute atomic E-state index is 5.42. The van der Waals surface area contributed by atoms with E-state index in [1.54, 1.807) is 0 Å².